The number of benzene rings is 1. The lowest BCUT2D eigenvalue weighted by atomic mass is 9.96. The Morgan fingerprint density at radius 1 is 0.682 bits per heavy atom. The Hall–Kier alpha value is -9.82. The van der Waals surface area contributed by atoms with E-state index in [2.05, 4.69) is 68.5 Å². The molecule has 0 bridgehead atoms. The maximum atomic E-state index is 15.4. The Labute approximate surface area is 641 Å². The van der Waals surface area contributed by atoms with Gasteiger partial charge in [0, 0.05) is 56.8 Å². The standard InChI is InChI=1S/C67H104N22O19S2/c1-4-35(2)52-65(106)89-25-13-20-49(89)64(105)88-24-12-19-48(88)61(102)78-43(31-86-30-38(28-69)84-85-86)56(97)81-45(58(99)76-41(26-37-14-6-5-7-15-37)63(104)87-23-11-18-47(87)60(101)77-42(66(107)108)27-51(93)94)33-109-110-34-46(80-54(95)39(74-50(92)29-70)17-10-22-73-67(71)72)59(100)83-53(36(3)91)62(103)75-40(16-8-9-21-68)55(96)79-44(32-90)57(98)82-52/h5-7,14-15,30,35-36,39-49,52-53,90-91H,4,8-13,16-29,31-34,68-70H2,1-3H3,(H,74,92)(H,75,103)(H,76,99)(H,77,101)(H,78,102)(H,79,96)(H,80,95)(H,81,97)(H,82,98)(H,83,100)(H,93,94)(H,107,108)(H4,71,72,73)/t35-,36+,39-,40-,41-,42-,43-,44-,45-,46-,47-,48-,49-,52-,53-/m0/s1. The first-order valence-corrected chi connectivity index (χ1v) is 38.9. The summed E-state index contributed by atoms with van der Waals surface area (Å²) in [5, 5.41) is 74.7. The second kappa shape index (κ2) is 44.1. The van der Waals surface area contributed by atoms with Gasteiger partial charge in [-0.1, -0.05) is 77.4 Å². The van der Waals surface area contributed by atoms with Gasteiger partial charge in [0.1, 0.15) is 78.5 Å². The van der Waals surface area contributed by atoms with E-state index >= 15 is 19.2 Å². The highest BCUT2D eigenvalue weighted by molar-refractivity contribution is 8.76. The van der Waals surface area contributed by atoms with E-state index in [1.165, 1.54) is 20.7 Å². The maximum Gasteiger partial charge on any atom is 0.326 e. The molecular weight excluding hydrogens is 1480 g/mol. The van der Waals surface area contributed by atoms with E-state index in [0.717, 1.165) is 33.4 Å². The molecule has 0 aliphatic carbocycles. The summed E-state index contributed by atoms with van der Waals surface area (Å²) in [4.78, 5) is 221. The van der Waals surface area contributed by atoms with E-state index < -0.39 is 217 Å². The second-order valence-corrected chi connectivity index (χ2v) is 29.7. The molecule has 41 nitrogen and oxygen atoms in total. The first-order valence-electron chi connectivity index (χ1n) is 36.4. The number of carboxylic acids is 2. The number of amides is 13. The van der Waals surface area contributed by atoms with E-state index in [9.17, 15) is 73.2 Å². The molecule has 24 N–H and O–H groups in total. The Kier molecular flexibility index (Phi) is 35.7. The van der Waals surface area contributed by atoms with Gasteiger partial charge in [-0.15, -0.1) is 5.10 Å². The van der Waals surface area contributed by atoms with Crippen molar-refractivity contribution in [3.63, 3.8) is 0 Å². The first-order chi connectivity index (χ1) is 52.4. The number of likely N-dealkylation sites (tertiary alicyclic amines) is 1. The van der Waals surface area contributed by atoms with E-state index in [1.54, 1.807) is 44.2 Å². The third kappa shape index (κ3) is 26.2. The number of rotatable bonds is 29. The van der Waals surface area contributed by atoms with Crippen molar-refractivity contribution in [2.24, 2.45) is 39.6 Å². The van der Waals surface area contributed by atoms with Crippen molar-refractivity contribution in [3.05, 3.63) is 47.8 Å². The summed E-state index contributed by atoms with van der Waals surface area (Å²) in [5.74, 6) is -17.6. The van der Waals surface area contributed by atoms with Gasteiger partial charge in [-0.2, -0.15) is 0 Å². The number of carbonyl (C=O) groups is 15. The minimum Gasteiger partial charge on any atom is -0.481 e. The second-order valence-electron chi connectivity index (χ2n) is 27.2. The van der Waals surface area contributed by atoms with Crippen LogP contribution in [0.3, 0.4) is 0 Å². The molecule has 43 heteroatoms. The van der Waals surface area contributed by atoms with Gasteiger partial charge in [0.05, 0.1) is 37.9 Å². The first kappa shape index (κ1) is 89.1. The number of aliphatic hydroxyl groups is 2. The number of unbranched alkanes of at least 4 members (excludes halogenated alkanes) is 1. The van der Waals surface area contributed by atoms with Crippen LogP contribution in [0.5, 0.6) is 0 Å². The normalized spacial score (nSPS) is 24.4. The summed E-state index contributed by atoms with van der Waals surface area (Å²) in [5.41, 5.74) is 29.1. The lowest BCUT2D eigenvalue weighted by Crippen LogP contribution is -2.62. The van der Waals surface area contributed by atoms with Crippen LogP contribution in [0.15, 0.2) is 41.5 Å². The zero-order valence-corrected chi connectivity index (χ0v) is 63.2. The van der Waals surface area contributed by atoms with Crippen LogP contribution in [0.4, 0.5) is 0 Å². The van der Waals surface area contributed by atoms with Crippen LogP contribution in [-0.2, 0) is 91.4 Å². The summed E-state index contributed by atoms with van der Waals surface area (Å²) in [6.45, 7) is 2.35. The van der Waals surface area contributed by atoms with Gasteiger partial charge in [-0.3, -0.25) is 72.1 Å². The van der Waals surface area contributed by atoms with E-state index in [1.807, 2.05) is 0 Å². The molecule has 4 aliphatic heterocycles. The highest BCUT2D eigenvalue weighted by atomic mass is 33.1. The molecule has 1 aromatic carbocycles. The van der Waals surface area contributed by atoms with Gasteiger partial charge in [0.25, 0.3) is 0 Å². The van der Waals surface area contributed by atoms with Crippen molar-refractivity contribution in [2.75, 3.05) is 57.4 Å². The van der Waals surface area contributed by atoms with Crippen LogP contribution in [0.2, 0.25) is 0 Å². The lowest BCUT2D eigenvalue weighted by Gasteiger charge is -2.35. The number of guanidine groups is 1. The quantitative estimate of drug-likeness (QED) is 0.0156. The molecule has 0 saturated carbocycles. The molecule has 608 valence electrons. The third-order valence-electron chi connectivity index (χ3n) is 19.0. The zero-order chi connectivity index (χ0) is 80.9. The average molecular weight is 1590 g/mol. The van der Waals surface area contributed by atoms with Crippen LogP contribution >= 0.6 is 21.6 Å². The summed E-state index contributed by atoms with van der Waals surface area (Å²) < 4.78 is 1.18. The number of aliphatic imine (C=N–C) groups is 1. The fraction of sp³-hybridized carbons (Fsp3) is 0.642. The van der Waals surface area contributed by atoms with Crippen molar-refractivity contribution in [1.29, 1.82) is 0 Å². The summed E-state index contributed by atoms with van der Waals surface area (Å²) in [7, 11) is 1.57. The molecule has 4 fully saturated rings. The number of nitrogens with one attached hydrogen (secondary N) is 10. The molecule has 13 amide bonds. The highest BCUT2D eigenvalue weighted by Crippen LogP contribution is 2.29. The lowest BCUT2D eigenvalue weighted by molar-refractivity contribution is -0.149. The Bertz CT molecular complexity index is 3600. The van der Waals surface area contributed by atoms with E-state index in [0.29, 0.717) is 24.8 Å². The van der Waals surface area contributed by atoms with Gasteiger partial charge < -0.3 is 117 Å². The molecule has 0 unspecified atom stereocenters. The van der Waals surface area contributed by atoms with Crippen molar-refractivity contribution in [3.8, 4) is 0 Å². The summed E-state index contributed by atoms with van der Waals surface area (Å²) in [6, 6.07) is -12.4. The SMILES string of the molecule is CC[C@H](C)[C@@H]1NC(=O)[C@H](CO)NC(=O)[C@H](CCCCN)NC(=O)[C@H]([C@@H](C)O)NC(=O)[C@@H](NC(=O)[C@H](CCCN=C(N)N)NC(=O)CN)CSSC[C@@H](C(=O)N[C@@H](Cc2ccccc2)C(=O)N2CCC[C@H]2C(=O)N[C@@H](CC(=O)O)C(=O)O)NC(=O)[C@H](Cn2cc(CN)nn2)NC(=O)[C@@H]2CCCN2C(=O)[C@@H]2CCCN2C1=O. The van der Waals surface area contributed by atoms with E-state index in [-0.39, 0.29) is 115 Å². The smallest absolute Gasteiger partial charge is 0.326 e. The molecule has 2 aromatic rings. The van der Waals surface area contributed by atoms with Crippen LogP contribution in [0.1, 0.15) is 115 Å². The van der Waals surface area contributed by atoms with Crippen molar-refractivity contribution in [1.82, 2.24) is 82.9 Å². The van der Waals surface area contributed by atoms with Crippen LogP contribution < -0.4 is 81.8 Å². The van der Waals surface area contributed by atoms with Gasteiger partial charge >= 0.3 is 11.9 Å². The number of nitrogens with zero attached hydrogens (tertiary/aromatic N) is 7. The predicted octanol–water partition coefficient (Wildman–Crippen LogP) is -7.68. The average Bonchev–Trinajstić information content (AvgIpc) is 1.61. The minimum atomic E-state index is -1.95. The molecule has 4 aliphatic rings. The molecule has 5 heterocycles. The molecule has 110 heavy (non-hydrogen) atoms. The largest absolute Gasteiger partial charge is 0.481 e. The van der Waals surface area contributed by atoms with Gasteiger partial charge in [0.2, 0.25) is 76.8 Å². The van der Waals surface area contributed by atoms with Gasteiger partial charge in [-0.05, 0) is 95.6 Å². The van der Waals surface area contributed by atoms with Crippen LogP contribution in [-0.4, -0.2) is 287 Å². The molecule has 0 radical (unpaired) electrons. The predicted molar refractivity (Wildman–Crippen MR) is 396 cm³/mol. The number of hydrogen-bond acceptors (Lipinski definition) is 25. The minimum absolute atomic E-state index is 0.0115. The Balaban J connectivity index is 1.48. The number of nitrogens with two attached hydrogens (primary N) is 5. The van der Waals surface area contributed by atoms with Crippen LogP contribution in [0.25, 0.3) is 0 Å². The molecule has 1 aromatic heterocycles. The highest BCUT2D eigenvalue weighted by Gasteiger charge is 2.47. The molecule has 4 saturated heterocycles. The number of hydrogen-bond donors (Lipinski definition) is 19. The van der Waals surface area contributed by atoms with Gasteiger partial charge in [0.15, 0.2) is 5.96 Å². The summed E-state index contributed by atoms with van der Waals surface area (Å²) >= 11 is 0. The molecule has 6 rings (SSSR count). The third-order valence-corrected chi connectivity index (χ3v) is 21.4. The number of aliphatic hydroxyl groups excluding tert-OH is 2. The molecular formula is C67H104N22O19S2. The zero-order valence-electron chi connectivity index (χ0n) is 61.5. The van der Waals surface area contributed by atoms with Crippen molar-refractivity contribution in [2.45, 2.75) is 208 Å². The number of aliphatic carboxylic acids is 2. The Morgan fingerprint density at radius 2 is 1.31 bits per heavy atom. The Morgan fingerprint density at radius 3 is 1.94 bits per heavy atom. The number of carbonyl (C=O) groups excluding carboxylic acids is 13. The molecule has 15 atom stereocenters. The topological polar surface area (TPSA) is 640 Å². The fourth-order valence-corrected chi connectivity index (χ4v) is 15.2. The van der Waals surface area contributed by atoms with Crippen molar-refractivity contribution >= 4 is 116 Å². The summed E-state index contributed by atoms with van der Waals surface area (Å²) in [6.07, 6.45) is -0.142. The van der Waals surface area contributed by atoms with Crippen LogP contribution in [0, 0.1) is 5.92 Å². The number of carboxylic acid groups (broad SMARTS) is 2. The van der Waals surface area contributed by atoms with E-state index in [4.69, 9.17) is 28.7 Å². The molecule has 0 spiro atoms. The van der Waals surface area contributed by atoms with Gasteiger partial charge in [-0.25, -0.2) is 9.48 Å². The maximum absolute atomic E-state index is 15.4. The number of fused-ring (bicyclic) bond motifs is 2. The monoisotopic (exact) mass is 1580 g/mol. The fourth-order valence-electron chi connectivity index (χ4n) is 12.9. The number of aromatic nitrogens is 3. The van der Waals surface area contributed by atoms with Crippen molar-refractivity contribution < 1.29 is 92.3 Å².